The van der Waals surface area contributed by atoms with Crippen LogP contribution in [0.15, 0.2) is 65.6 Å². The molecule has 0 bridgehead atoms. The lowest BCUT2D eigenvalue weighted by Crippen LogP contribution is -2.10. The minimum absolute atomic E-state index is 0.0381. The second kappa shape index (κ2) is 11.7. The summed E-state index contributed by atoms with van der Waals surface area (Å²) in [5.74, 6) is 1.29. The topological polar surface area (TPSA) is 44.7 Å². The standard InChI is InChI=1S/C18H12Cl3NO2S.C5H11N/c19-11-7-12(20)9-15(8-11)24-14-2-4-16(5-3-14)25-22-13-1-6-17(21)18(23)10-13;1-6-4-2-3-5-6/h1-10,22-23H;2-5H2,1H3. The molecule has 3 aromatic carbocycles. The molecule has 0 aromatic heterocycles. The number of phenolic OH excluding ortho intramolecular Hbond substituents is 1. The monoisotopic (exact) mass is 496 g/mol. The molecular formula is C23H23Cl3N2O2S. The van der Waals surface area contributed by atoms with E-state index in [1.165, 1.54) is 37.9 Å². The molecule has 1 fully saturated rings. The van der Waals surface area contributed by atoms with E-state index in [0.717, 1.165) is 10.6 Å². The van der Waals surface area contributed by atoms with Gasteiger partial charge < -0.3 is 19.5 Å². The van der Waals surface area contributed by atoms with Crippen molar-refractivity contribution in [3.8, 4) is 17.2 Å². The third kappa shape index (κ3) is 8.02. The molecule has 0 radical (unpaired) electrons. The summed E-state index contributed by atoms with van der Waals surface area (Å²) in [4.78, 5) is 3.34. The summed E-state index contributed by atoms with van der Waals surface area (Å²) < 4.78 is 8.88. The summed E-state index contributed by atoms with van der Waals surface area (Å²) in [5, 5.41) is 11.0. The molecule has 0 saturated carbocycles. The maximum Gasteiger partial charge on any atom is 0.136 e. The molecule has 4 rings (SSSR count). The Morgan fingerprint density at radius 3 is 2.06 bits per heavy atom. The summed E-state index contributed by atoms with van der Waals surface area (Å²) >= 11 is 19.1. The Morgan fingerprint density at radius 1 is 0.871 bits per heavy atom. The van der Waals surface area contributed by atoms with Crippen LogP contribution in [0.5, 0.6) is 17.2 Å². The lowest BCUT2D eigenvalue weighted by molar-refractivity contribution is 0.418. The van der Waals surface area contributed by atoms with Gasteiger partial charge in [0.1, 0.15) is 17.2 Å². The van der Waals surface area contributed by atoms with Gasteiger partial charge in [-0.25, -0.2) is 0 Å². The van der Waals surface area contributed by atoms with Crippen LogP contribution in [0.25, 0.3) is 0 Å². The Morgan fingerprint density at radius 2 is 1.52 bits per heavy atom. The van der Waals surface area contributed by atoms with Crippen molar-refractivity contribution in [2.45, 2.75) is 17.7 Å². The molecule has 1 aliphatic rings. The number of ether oxygens (including phenoxy) is 1. The SMILES string of the molecule is CN1CCCC1.Oc1cc(NSc2ccc(Oc3cc(Cl)cc(Cl)c3)cc2)ccc1Cl. The Hall–Kier alpha value is -1.76. The molecular weight excluding hydrogens is 475 g/mol. The molecule has 1 heterocycles. The molecule has 0 amide bonds. The molecule has 164 valence electrons. The number of hydrogen-bond acceptors (Lipinski definition) is 5. The number of rotatable bonds is 5. The zero-order valence-electron chi connectivity index (χ0n) is 16.9. The van der Waals surface area contributed by atoms with E-state index < -0.39 is 0 Å². The number of phenols is 1. The van der Waals surface area contributed by atoms with E-state index in [1.807, 2.05) is 24.3 Å². The molecule has 3 aromatic rings. The van der Waals surface area contributed by atoms with E-state index in [-0.39, 0.29) is 5.75 Å². The fourth-order valence-electron chi connectivity index (χ4n) is 2.87. The van der Waals surface area contributed by atoms with Crippen molar-refractivity contribution in [2.24, 2.45) is 0 Å². The molecule has 1 aliphatic heterocycles. The fourth-order valence-corrected chi connectivity index (χ4v) is 4.13. The van der Waals surface area contributed by atoms with Gasteiger partial charge in [-0.05, 0) is 99.5 Å². The summed E-state index contributed by atoms with van der Waals surface area (Å²) in [6, 6.07) is 17.5. The molecule has 0 unspecified atom stereocenters. The molecule has 31 heavy (non-hydrogen) atoms. The number of halogens is 3. The first-order chi connectivity index (χ1) is 14.9. The first-order valence-corrected chi connectivity index (χ1v) is 11.7. The van der Waals surface area contributed by atoms with Gasteiger partial charge in [0.05, 0.1) is 5.02 Å². The van der Waals surface area contributed by atoms with Crippen LogP contribution < -0.4 is 9.46 Å². The van der Waals surface area contributed by atoms with Crippen LogP contribution in [0.1, 0.15) is 12.8 Å². The van der Waals surface area contributed by atoms with Gasteiger partial charge in [0.2, 0.25) is 0 Å². The molecule has 0 aliphatic carbocycles. The van der Waals surface area contributed by atoms with Crippen molar-refractivity contribution in [3.05, 3.63) is 75.7 Å². The summed E-state index contributed by atoms with van der Waals surface area (Å²) in [5.41, 5.74) is 0.751. The Balaban J connectivity index is 0.000000391. The van der Waals surface area contributed by atoms with Crippen molar-refractivity contribution < 1.29 is 9.84 Å². The Bertz CT molecular complexity index is 976. The lowest BCUT2D eigenvalue weighted by atomic mass is 10.3. The van der Waals surface area contributed by atoms with E-state index >= 15 is 0 Å². The Kier molecular flexibility index (Phi) is 9.05. The van der Waals surface area contributed by atoms with Crippen LogP contribution in [0.4, 0.5) is 5.69 Å². The zero-order chi connectivity index (χ0) is 22.2. The van der Waals surface area contributed by atoms with Crippen LogP contribution in [0.3, 0.4) is 0 Å². The predicted octanol–water partition coefficient (Wildman–Crippen LogP) is 7.98. The van der Waals surface area contributed by atoms with E-state index in [9.17, 15) is 5.11 Å². The second-order valence-corrected chi connectivity index (χ2v) is 9.22. The molecule has 4 nitrogen and oxygen atoms in total. The first kappa shape index (κ1) is 23.9. The van der Waals surface area contributed by atoms with Crippen molar-refractivity contribution in [2.75, 3.05) is 24.9 Å². The maximum absolute atomic E-state index is 9.60. The number of hydrogen-bond donors (Lipinski definition) is 2. The summed E-state index contributed by atoms with van der Waals surface area (Å²) in [7, 11) is 2.17. The smallest absolute Gasteiger partial charge is 0.136 e. The van der Waals surface area contributed by atoms with Gasteiger partial charge in [-0.1, -0.05) is 34.8 Å². The number of anilines is 1. The zero-order valence-corrected chi connectivity index (χ0v) is 20.0. The normalized spacial score (nSPS) is 13.4. The van der Waals surface area contributed by atoms with Crippen LogP contribution in [-0.4, -0.2) is 30.1 Å². The Labute approximate surface area is 202 Å². The van der Waals surface area contributed by atoms with Gasteiger partial charge in [0.25, 0.3) is 0 Å². The van der Waals surface area contributed by atoms with E-state index in [2.05, 4.69) is 16.7 Å². The van der Waals surface area contributed by atoms with Crippen molar-refractivity contribution >= 4 is 52.4 Å². The fraction of sp³-hybridized carbons (Fsp3) is 0.217. The van der Waals surface area contributed by atoms with Gasteiger partial charge in [0.15, 0.2) is 0 Å². The van der Waals surface area contributed by atoms with Crippen molar-refractivity contribution in [3.63, 3.8) is 0 Å². The molecule has 2 N–H and O–H groups in total. The predicted molar refractivity (Wildman–Crippen MR) is 132 cm³/mol. The second-order valence-electron chi connectivity index (χ2n) is 7.06. The summed E-state index contributed by atoms with van der Waals surface area (Å²) in [6.45, 7) is 2.64. The highest BCUT2D eigenvalue weighted by Crippen LogP contribution is 2.31. The van der Waals surface area contributed by atoms with E-state index in [0.29, 0.717) is 26.6 Å². The number of likely N-dealkylation sites (tertiary alicyclic amines) is 1. The lowest BCUT2D eigenvalue weighted by Gasteiger charge is -2.09. The number of nitrogens with zero attached hydrogens (tertiary/aromatic N) is 1. The third-order valence-electron chi connectivity index (χ3n) is 4.46. The van der Waals surface area contributed by atoms with Crippen molar-refractivity contribution in [1.82, 2.24) is 4.90 Å². The molecule has 0 atom stereocenters. The van der Waals surface area contributed by atoms with E-state index in [4.69, 9.17) is 39.5 Å². The first-order valence-electron chi connectivity index (χ1n) is 9.73. The van der Waals surface area contributed by atoms with Gasteiger partial charge in [-0.2, -0.15) is 0 Å². The highest BCUT2D eigenvalue weighted by Gasteiger charge is 2.04. The largest absolute Gasteiger partial charge is 0.506 e. The minimum atomic E-state index is 0.0381. The van der Waals surface area contributed by atoms with E-state index in [1.54, 1.807) is 36.4 Å². The molecule has 1 saturated heterocycles. The van der Waals surface area contributed by atoms with Gasteiger partial charge in [0, 0.05) is 26.7 Å². The number of benzene rings is 3. The van der Waals surface area contributed by atoms with Crippen LogP contribution >= 0.6 is 46.8 Å². The average Bonchev–Trinajstić information content (AvgIpc) is 3.21. The summed E-state index contributed by atoms with van der Waals surface area (Å²) in [6.07, 6.45) is 2.83. The van der Waals surface area contributed by atoms with Gasteiger partial charge >= 0.3 is 0 Å². The van der Waals surface area contributed by atoms with Gasteiger partial charge in [-0.3, -0.25) is 0 Å². The highest BCUT2D eigenvalue weighted by atomic mass is 35.5. The molecule has 8 heteroatoms. The van der Waals surface area contributed by atoms with Crippen LogP contribution in [0, 0.1) is 0 Å². The van der Waals surface area contributed by atoms with Gasteiger partial charge in [-0.15, -0.1) is 0 Å². The third-order valence-corrected chi connectivity index (χ3v) is 6.06. The van der Waals surface area contributed by atoms with Crippen molar-refractivity contribution in [1.29, 1.82) is 0 Å². The highest BCUT2D eigenvalue weighted by molar-refractivity contribution is 8.00. The number of nitrogens with one attached hydrogen (secondary N) is 1. The average molecular weight is 498 g/mol. The van der Waals surface area contributed by atoms with Crippen LogP contribution in [0.2, 0.25) is 15.1 Å². The minimum Gasteiger partial charge on any atom is -0.506 e. The number of aromatic hydroxyl groups is 1. The maximum atomic E-state index is 9.60. The van der Waals surface area contributed by atoms with Crippen LogP contribution in [-0.2, 0) is 0 Å². The quantitative estimate of drug-likeness (QED) is 0.350. The molecule has 0 spiro atoms.